The van der Waals surface area contributed by atoms with E-state index in [0.717, 1.165) is 27.8 Å². The van der Waals surface area contributed by atoms with Crippen LogP contribution in [-0.2, 0) is 0 Å². The van der Waals surface area contributed by atoms with Gasteiger partial charge >= 0.3 is 0 Å². The molecular weight excluding hydrogens is 286 g/mol. The molecule has 0 atom stereocenters. The molecule has 1 heterocycles. The number of hydrogen-bond acceptors (Lipinski definition) is 4. The second-order valence-electron chi connectivity index (χ2n) is 4.75. The van der Waals surface area contributed by atoms with Gasteiger partial charge in [0, 0.05) is 10.9 Å². The number of nitrogens with two attached hydrogens (primary N) is 1. The second kappa shape index (κ2) is 5.22. The topological polar surface area (TPSA) is 61.0 Å². The van der Waals surface area contributed by atoms with E-state index in [-0.39, 0.29) is 0 Å². The zero-order chi connectivity index (χ0) is 15.0. The fraction of sp³-hybridized carbons (Fsp3) is 0.125. The molecule has 0 fully saturated rings. The van der Waals surface area contributed by atoms with Gasteiger partial charge in [-0.2, -0.15) is 0 Å². The summed E-state index contributed by atoms with van der Waals surface area (Å²) in [5.74, 6) is 1.66. The molecule has 0 aliphatic heterocycles. The van der Waals surface area contributed by atoms with Crippen LogP contribution in [0, 0.1) is 6.92 Å². The maximum atomic E-state index is 6.34. The number of anilines is 1. The van der Waals surface area contributed by atoms with E-state index in [1.807, 2.05) is 43.3 Å². The van der Waals surface area contributed by atoms with Crippen molar-refractivity contribution in [2.75, 3.05) is 12.8 Å². The Labute approximate surface area is 127 Å². The molecule has 3 aromatic rings. The quantitative estimate of drug-likeness (QED) is 0.781. The monoisotopic (exact) mass is 299 g/mol. The second-order valence-corrected chi connectivity index (χ2v) is 5.13. The molecule has 0 amide bonds. The van der Waals surface area contributed by atoms with E-state index in [2.05, 4.69) is 9.97 Å². The maximum absolute atomic E-state index is 6.34. The largest absolute Gasteiger partial charge is 0.497 e. The summed E-state index contributed by atoms with van der Waals surface area (Å²) in [7, 11) is 1.61. The Kier molecular flexibility index (Phi) is 3.39. The minimum absolute atomic E-state index is 0.409. The van der Waals surface area contributed by atoms with Crippen molar-refractivity contribution in [1.29, 1.82) is 0 Å². The summed E-state index contributed by atoms with van der Waals surface area (Å²) in [5, 5.41) is 1.41. The molecule has 0 aliphatic carbocycles. The van der Waals surface area contributed by atoms with E-state index in [1.165, 1.54) is 0 Å². The molecule has 3 rings (SSSR count). The Morgan fingerprint density at radius 1 is 1.14 bits per heavy atom. The van der Waals surface area contributed by atoms with E-state index in [1.54, 1.807) is 7.11 Å². The highest BCUT2D eigenvalue weighted by Gasteiger charge is 2.12. The minimum Gasteiger partial charge on any atom is -0.497 e. The highest BCUT2D eigenvalue weighted by molar-refractivity contribution is 6.34. The summed E-state index contributed by atoms with van der Waals surface area (Å²) < 4.78 is 5.19. The Morgan fingerprint density at radius 2 is 1.95 bits per heavy atom. The smallest absolute Gasteiger partial charge is 0.163 e. The average molecular weight is 300 g/mol. The summed E-state index contributed by atoms with van der Waals surface area (Å²) in [4.78, 5) is 8.93. The third-order valence-electron chi connectivity index (χ3n) is 3.37. The van der Waals surface area contributed by atoms with Gasteiger partial charge < -0.3 is 10.5 Å². The van der Waals surface area contributed by atoms with Gasteiger partial charge in [-0.25, -0.2) is 9.97 Å². The molecule has 0 radical (unpaired) electrons. The van der Waals surface area contributed by atoms with Crippen LogP contribution in [0.25, 0.3) is 22.3 Å². The molecule has 1 aromatic heterocycles. The van der Waals surface area contributed by atoms with Gasteiger partial charge in [-0.3, -0.25) is 0 Å². The van der Waals surface area contributed by atoms with Crippen LogP contribution in [0.5, 0.6) is 5.75 Å². The zero-order valence-electron chi connectivity index (χ0n) is 11.7. The van der Waals surface area contributed by atoms with Crippen LogP contribution in [0.15, 0.2) is 36.4 Å². The SMILES string of the molecule is COc1ccc2nc(-c3cccc(C)c3Cl)nc(N)c2c1. The molecule has 0 spiro atoms. The normalized spacial score (nSPS) is 10.8. The number of halogens is 1. The number of ether oxygens (including phenoxy) is 1. The number of aryl methyl sites for hydroxylation is 1. The van der Waals surface area contributed by atoms with Crippen LogP contribution in [-0.4, -0.2) is 17.1 Å². The van der Waals surface area contributed by atoms with Gasteiger partial charge in [-0.1, -0.05) is 23.7 Å². The first-order valence-electron chi connectivity index (χ1n) is 6.47. The van der Waals surface area contributed by atoms with Crippen molar-refractivity contribution in [3.8, 4) is 17.1 Å². The highest BCUT2D eigenvalue weighted by atomic mass is 35.5. The van der Waals surface area contributed by atoms with Crippen LogP contribution in [0.1, 0.15) is 5.56 Å². The fourth-order valence-electron chi connectivity index (χ4n) is 2.20. The van der Waals surface area contributed by atoms with Crippen LogP contribution in [0.2, 0.25) is 5.02 Å². The number of rotatable bonds is 2. The fourth-order valence-corrected chi connectivity index (χ4v) is 2.41. The molecule has 2 aromatic carbocycles. The number of methoxy groups -OCH3 is 1. The number of hydrogen-bond donors (Lipinski definition) is 1. The van der Waals surface area contributed by atoms with Gasteiger partial charge in [0.25, 0.3) is 0 Å². The third-order valence-corrected chi connectivity index (χ3v) is 3.87. The molecule has 0 saturated carbocycles. The van der Waals surface area contributed by atoms with Crippen molar-refractivity contribution < 1.29 is 4.74 Å². The standard InChI is InChI=1S/C16H14ClN3O/c1-9-4-3-5-11(14(9)17)16-19-13-7-6-10(21-2)8-12(13)15(18)20-16/h3-8H,1-2H3,(H2,18,19,20). The van der Waals surface area contributed by atoms with Gasteiger partial charge in [-0.15, -0.1) is 0 Å². The first-order chi connectivity index (χ1) is 10.1. The molecular formula is C16H14ClN3O. The predicted octanol–water partition coefficient (Wildman–Crippen LogP) is 3.85. The van der Waals surface area contributed by atoms with Gasteiger partial charge in [0.2, 0.25) is 0 Å². The summed E-state index contributed by atoms with van der Waals surface area (Å²) in [6.45, 7) is 1.95. The van der Waals surface area contributed by atoms with Crippen molar-refractivity contribution in [2.24, 2.45) is 0 Å². The van der Waals surface area contributed by atoms with Gasteiger partial charge in [0.1, 0.15) is 11.6 Å². The molecule has 5 heteroatoms. The molecule has 0 bridgehead atoms. The van der Waals surface area contributed by atoms with E-state index < -0.39 is 0 Å². The molecule has 106 valence electrons. The average Bonchev–Trinajstić information content (AvgIpc) is 2.49. The van der Waals surface area contributed by atoms with Crippen LogP contribution in [0.3, 0.4) is 0 Å². The predicted molar refractivity (Wildman–Crippen MR) is 85.7 cm³/mol. The van der Waals surface area contributed by atoms with Crippen LogP contribution < -0.4 is 10.5 Å². The van der Waals surface area contributed by atoms with Crippen LogP contribution >= 0.6 is 11.6 Å². The summed E-state index contributed by atoms with van der Waals surface area (Å²) in [6.07, 6.45) is 0. The zero-order valence-corrected chi connectivity index (χ0v) is 12.5. The summed E-state index contributed by atoms with van der Waals surface area (Å²) in [6, 6.07) is 11.3. The lowest BCUT2D eigenvalue weighted by atomic mass is 10.1. The number of benzene rings is 2. The molecule has 4 nitrogen and oxygen atoms in total. The Balaban J connectivity index is 2.23. The maximum Gasteiger partial charge on any atom is 0.163 e. The molecule has 21 heavy (non-hydrogen) atoms. The number of aromatic nitrogens is 2. The lowest BCUT2D eigenvalue weighted by molar-refractivity contribution is 0.415. The first kappa shape index (κ1) is 13.6. The number of fused-ring (bicyclic) bond motifs is 1. The van der Waals surface area contributed by atoms with Crippen molar-refractivity contribution in [3.63, 3.8) is 0 Å². The number of nitrogen functional groups attached to an aromatic ring is 1. The first-order valence-corrected chi connectivity index (χ1v) is 6.84. The minimum atomic E-state index is 0.409. The lowest BCUT2D eigenvalue weighted by Crippen LogP contribution is -1.99. The molecule has 2 N–H and O–H groups in total. The van der Waals surface area contributed by atoms with E-state index in [0.29, 0.717) is 16.7 Å². The summed E-state index contributed by atoms with van der Waals surface area (Å²) in [5.41, 5.74) is 8.57. The third kappa shape index (κ3) is 2.38. The summed E-state index contributed by atoms with van der Waals surface area (Å²) >= 11 is 6.34. The van der Waals surface area contributed by atoms with Gasteiger partial charge in [0.15, 0.2) is 5.82 Å². The molecule has 0 saturated heterocycles. The number of nitrogens with zero attached hydrogens (tertiary/aromatic N) is 2. The highest BCUT2D eigenvalue weighted by Crippen LogP contribution is 2.31. The Hall–Kier alpha value is -2.33. The Morgan fingerprint density at radius 3 is 2.71 bits per heavy atom. The lowest BCUT2D eigenvalue weighted by Gasteiger charge is -2.09. The molecule has 0 unspecified atom stereocenters. The van der Waals surface area contributed by atoms with Crippen molar-refractivity contribution >= 4 is 28.3 Å². The molecule has 0 aliphatic rings. The van der Waals surface area contributed by atoms with E-state index in [9.17, 15) is 0 Å². The van der Waals surface area contributed by atoms with Crippen molar-refractivity contribution in [1.82, 2.24) is 9.97 Å². The van der Waals surface area contributed by atoms with Crippen molar-refractivity contribution in [3.05, 3.63) is 47.0 Å². The van der Waals surface area contributed by atoms with Gasteiger partial charge in [0.05, 0.1) is 17.6 Å². The van der Waals surface area contributed by atoms with Gasteiger partial charge in [-0.05, 0) is 36.8 Å². The van der Waals surface area contributed by atoms with E-state index in [4.69, 9.17) is 22.1 Å². The van der Waals surface area contributed by atoms with E-state index >= 15 is 0 Å². The van der Waals surface area contributed by atoms with Crippen molar-refractivity contribution in [2.45, 2.75) is 6.92 Å². The van der Waals surface area contributed by atoms with Crippen LogP contribution in [0.4, 0.5) is 5.82 Å². The Bertz CT molecular complexity index is 833.